The number of hydrogen-bond donors (Lipinski definition) is 0. The number of carbonyl (C=O) groups is 2. The number of ketones is 2. The van der Waals surface area contributed by atoms with Crippen LogP contribution in [-0.4, -0.2) is 33.1 Å². The van der Waals surface area contributed by atoms with Crippen molar-refractivity contribution in [2.24, 2.45) is 11.3 Å². The Labute approximate surface area is 127 Å². The van der Waals surface area contributed by atoms with E-state index in [0.717, 1.165) is 5.76 Å². The molecular weight excluding hydrogens is 284 g/mol. The van der Waals surface area contributed by atoms with Crippen LogP contribution in [0.15, 0.2) is 23.5 Å². The maximum Gasteiger partial charge on any atom is 0.241 e. The number of methoxy groups -OCH3 is 1. The van der Waals surface area contributed by atoms with E-state index < -0.39 is 25.8 Å². The van der Waals surface area contributed by atoms with Crippen molar-refractivity contribution < 1.29 is 18.8 Å². The zero-order chi connectivity index (χ0) is 16.0. The summed E-state index contributed by atoms with van der Waals surface area (Å²) in [5, 5.41) is 0. The summed E-state index contributed by atoms with van der Waals surface area (Å²) in [5.41, 5.74) is -0.288. The Hall–Kier alpha value is -1.20. The number of carbonyl (C=O) groups excluding carboxylic acids is 2. The van der Waals surface area contributed by atoms with Crippen molar-refractivity contribution in [2.75, 3.05) is 7.11 Å². The van der Waals surface area contributed by atoms with E-state index in [1.165, 1.54) is 6.08 Å². The zero-order valence-corrected chi connectivity index (χ0v) is 14.6. The second-order valence-electron chi connectivity index (χ2n) is 7.10. The minimum absolute atomic E-state index is 0.0280. The Kier molecular flexibility index (Phi) is 4.01. The number of ether oxygens (including phenoxy) is 1. The van der Waals surface area contributed by atoms with Crippen LogP contribution in [0.2, 0.25) is 19.6 Å². The SMILES string of the molecule is CO[C@@H]1C=C(O[Si](C)(C)C)C[C@@H]2C(=O)C(C)=CC(=O)[C@@]21C. The van der Waals surface area contributed by atoms with Crippen LogP contribution in [0, 0.1) is 11.3 Å². The van der Waals surface area contributed by atoms with Crippen LogP contribution in [0.5, 0.6) is 0 Å². The van der Waals surface area contributed by atoms with E-state index >= 15 is 0 Å². The van der Waals surface area contributed by atoms with E-state index in [1.54, 1.807) is 14.0 Å². The van der Waals surface area contributed by atoms with E-state index in [4.69, 9.17) is 9.16 Å². The molecule has 0 bridgehead atoms. The molecule has 0 heterocycles. The van der Waals surface area contributed by atoms with Gasteiger partial charge in [0.05, 0.1) is 17.3 Å². The summed E-state index contributed by atoms with van der Waals surface area (Å²) in [5.74, 6) is 0.402. The molecule has 2 rings (SSSR count). The van der Waals surface area contributed by atoms with Gasteiger partial charge in [0, 0.05) is 19.4 Å². The van der Waals surface area contributed by atoms with Gasteiger partial charge in [0.25, 0.3) is 0 Å². The Morgan fingerprint density at radius 3 is 2.43 bits per heavy atom. The van der Waals surface area contributed by atoms with Gasteiger partial charge in [0.15, 0.2) is 11.6 Å². The first-order valence-electron chi connectivity index (χ1n) is 7.29. The van der Waals surface area contributed by atoms with E-state index in [1.807, 2.05) is 13.0 Å². The third-order valence-electron chi connectivity index (χ3n) is 4.33. The van der Waals surface area contributed by atoms with Crippen molar-refractivity contribution >= 4 is 19.9 Å². The third-order valence-corrected chi connectivity index (χ3v) is 5.21. The fourth-order valence-corrected chi connectivity index (χ4v) is 4.12. The van der Waals surface area contributed by atoms with Crippen LogP contribution >= 0.6 is 0 Å². The lowest BCUT2D eigenvalue weighted by atomic mass is 9.60. The fraction of sp³-hybridized carbons (Fsp3) is 0.625. The average Bonchev–Trinajstić information content (AvgIpc) is 2.36. The van der Waals surface area contributed by atoms with Crippen molar-refractivity contribution in [3.8, 4) is 0 Å². The van der Waals surface area contributed by atoms with Gasteiger partial charge in [-0.1, -0.05) is 0 Å². The van der Waals surface area contributed by atoms with Crippen molar-refractivity contribution in [1.82, 2.24) is 0 Å². The molecule has 0 saturated carbocycles. The molecule has 4 nitrogen and oxygen atoms in total. The predicted molar refractivity (Wildman–Crippen MR) is 83.3 cm³/mol. The highest BCUT2D eigenvalue weighted by Crippen LogP contribution is 2.47. The molecule has 0 aromatic rings. The first-order valence-corrected chi connectivity index (χ1v) is 10.7. The second-order valence-corrected chi connectivity index (χ2v) is 11.5. The summed E-state index contributed by atoms with van der Waals surface area (Å²) in [6, 6.07) is 0. The van der Waals surface area contributed by atoms with Gasteiger partial charge in [-0.25, -0.2) is 0 Å². The highest BCUT2D eigenvalue weighted by Gasteiger charge is 2.54. The molecule has 0 saturated heterocycles. The second kappa shape index (κ2) is 5.21. The molecule has 0 radical (unpaired) electrons. The monoisotopic (exact) mass is 308 g/mol. The minimum Gasteiger partial charge on any atom is -0.547 e. The molecule has 3 atom stereocenters. The third kappa shape index (κ3) is 2.76. The predicted octanol–water partition coefficient (Wildman–Crippen LogP) is 2.86. The van der Waals surface area contributed by atoms with E-state index in [2.05, 4.69) is 19.6 Å². The summed E-state index contributed by atoms with van der Waals surface area (Å²) in [6.45, 7) is 9.84. The van der Waals surface area contributed by atoms with Gasteiger partial charge in [-0.3, -0.25) is 9.59 Å². The first kappa shape index (κ1) is 16.2. The van der Waals surface area contributed by atoms with Gasteiger partial charge >= 0.3 is 0 Å². The lowest BCUT2D eigenvalue weighted by molar-refractivity contribution is -0.145. The molecule has 0 spiro atoms. The molecule has 2 aliphatic carbocycles. The minimum atomic E-state index is -1.76. The summed E-state index contributed by atoms with van der Waals surface area (Å²) in [4.78, 5) is 25.0. The molecule has 116 valence electrons. The standard InChI is InChI=1S/C16H24O4Si/c1-10-7-13(17)16(2)12(15(10)18)8-11(9-14(16)19-3)20-21(4,5)6/h7,9,12,14H,8H2,1-6H3/t12-,14-,16-/m1/s1. The number of allylic oxidation sites excluding steroid dienone is 3. The van der Waals surface area contributed by atoms with Crippen molar-refractivity contribution in [2.45, 2.75) is 46.0 Å². The highest BCUT2D eigenvalue weighted by atomic mass is 28.4. The van der Waals surface area contributed by atoms with Crippen molar-refractivity contribution in [3.05, 3.63) is 23.5 Å². The molecule has 5 heteroatoms. The van der Waals surface area contributed by atoms with Gasteiger partial charge in [0.2, 0.25) is 8.32 Å². The Morgan fingerprint density at radius 2 is 1.90 bits per heavy atom. The van der Waals surface area contributed by atoms with Gasteiger partial charge in [-0.15, -0.1) is 0 Å². The molecular formula is C16H24O4Si. The Balaban J connectivity index is 2.45. The summed E-state index contributed by atoms with van der Waals surface area (Å²) >= 11 is 0. The number of Topliss-reactive ketones (excluding diaryl/α,β-unsaturated/α-hetero) is 1. The van der Waals surface area contributed by atoms with Crippen LogP contribution in [0.25, 0.3) is 0 Å². The average molecular weight is 308 g/mol. The smallest absolute Gasteiger partial charge is 0.241 e. The van der Waals surface area contributed by atoms with Gasteiger partial charge < -0.3 is 9.16 Å². The zero-order valence-electron chi connectivity index (χ0n) is 13.6. The summed E-state index contributed by atoms with van der Waals surface area (Å²) in [6.07, 6.45) is 3.40. The largest absolute Gasteiger partial charge is 0.547 e. The van der Waals surface area contributed by atoms with Crippen molar-refractivity contribution in [1.29, 1.82) is 0 Å². The quantitative estimate of drug-likeness (QED) is 0.752. The van der Waals surface area contributed by atoms with E-state index in [0.29, 0.717) is 12.0 Å². The molecule has 0 aromatic heterocycles. The number of hydrogen-bond acceptors (Lipinski definition) is 4. The van der Waals surface area contributed by atoms with Crippen LogP contribution in [-0.2, 0) is 18.8 Å². The summed E-state index contributed by atoms with van der Waals surface area (Å²) in [7, 11) is -0.185. The van der Waals surface area contributed by atoms with Crippen molar-refractivity contribution in [3.63, 3.8) is 0 Å². The molecule has 0 unspecified atom stereocenters. The molecule has 0 amide bonds. The first-order chi connectivity index (χ1) is 9.59. The van der Waals surface area contributed by atoms with Gasteiger partial charge in [0.1, 0.15) is 0 Å². The van der Waals surface area contributed by atoms with Gasteiger partial charge in [-0.2, -0.15) is 0 Å². The van der Waals surface area contributed by atoms with Gasteiger partial charge in [-0.05, 0) is 51.2 Å². The topological polar surface area (TPSA) is 52.6 Å². The lowest BCUT2D eigenvalue weighted by Crippen LogP contribution is -2.53. The number of rotatable bonds is 3. The van der Waals surface area contributed by atoms with Crippen LogP contribution in [0.3, 0.4) is 0 Å². The van der Waals surface area contributed by atoms with Crippen LogP contribution in [0.1, 0.15) is 20.3 Å². The maximum absolute atomic E-state index is 12.5. The fourth-order valence-electron chi connectivity index (χ4n) is 3.18. The Morgan fingerprint density at radius 1 is 1.29 bits per heavy atom. The van der Waals surface area contributed by atoms with E-state index in [-0.39, 0.29) is 11.6 Å². The Bertz CT molecular complexity index is 541. The summed E-state index contributed by atoms with van der Waals surface area (Å²) < 4.78 is 11.6. The van der Waals surface area contributed by atoms with Crippen LogP contribution < -0.4 is 0 Å². The lowest BCUT2D eigenvalue weighted by Gasteiger charge is -2.45. The molecule has 21 heavy (non-hydrogen) atoms. The maximum atomic E-state index is 12.5. The molecule has 0 N–H and O–H groups in total. The molecule has 0 aromatic carbocycles. The number of fused-ring (bicyclic) bond motifs is 1. The highest BCUT2D eigenvalue weighted by molar-refractivity contribution is 6.70. The molecule has 0 fully saturated rings. The van der Waals surface area contributed by atoms with Crippen LogP contribution in [0.4, 0.5) is 0 Å². The normalized spacial score (nSPS) is 33.2. The van der Waals surface area contributed by atoms with E-state index in [9.17, 15) is 9.59 Å². The molecule has 2 aliphatic rings. The molecule has 0 aliphatic heterocycles.